The fourth-order valence-electron chi connectivity index (χ4n) is 2.93. The Balaban J connectivity index is 1.39. The molecule has 25 heavy (non-hydrogen) atoms. The number of carbonyl (C=O) groups excluding carboxylic acids is 1. The number of anilines is 1. The van der Waals surface area contributed by atoms with Crippen molar-refractivity contribution in [1.82, 2.24) is 14.9 Å². The number of benzene rings is 1. The highest BCUT2D eigenvalue weighted by atomic mass is 35.5. The van der Waals surface area contributed by atoms with Gasteiger partial charge in [-0.05, 0) is 37.1 Å². The highest BCUT2D eigenvalue weighted by Gasteiger charge is 2.34. The highest BCUT2D eigenvalue weighted by Crippen LogP contribution is 2.31. The molecule has 1 aromatic carbocycles. The van der Waals surface area contributed by atoms with Crippen LogP contribution in [0.1, 0.15) is 12.8 Å². The van der Waals surface area contributed by atoms with E-state index in [2.05, 4.69) is 14.9 Å². The first-order valence-electron chi connectivity index (χ1n) is 8.48. The van der Waals surface area contributed by atoms with E-state index in [-0.39, 0.29) is 5.92 Å². The molecule has 1 amide bonds. The second-order valence-corrected chi connectivity index (χ2v) is 6.79. The molecule has 7 heteroatoms. The lowest BCUT2D eigenvalue weighted by Gasteiger charge is -2.35. The van der Waals surface area contributed by atoms with Crippen LogP contribution in [0.4, 0.5) is 5.82 Å². The summed E-state index contributed by atoms with van der Waals surface area (Å²) in [4.78, 5) is 24.8. The third-order valence-corrected chi connectivity index (χ3v) is 4.76. The van der Waals surface area contributed by atoms with Crippen LogP contribution in [0.25, 0.3) is 0 Å². The topological polar surface area (TPSA) is 58.6 Å². The van der Waals surface area contributed by atoms with Gasteiger partial charge in [0.2, 0.25) is 11.8 Å². The lowest BCUT2D eigenvalue weighted by Crippen LogP contribution is -2.49. The number of amides is 1. The number of hydrogen-bond donors (Lipinski definition) is 0. The molecule has 2 aliphatic rings. The summed E-state index contributed by atoms with van der Waals surface area (Å²) in [6, 6.07) is 8.97. The van der Waals surface area contributed by atoms with Crippen molar-refractivity contribution in [3.05, 3.63) is 41.7 Å². The van der Waals surface area contributed by atoms with E-state index >= 15 is 0 Å². The Morgan fingerprint density at radius 1 is 1.08 bits per heavy atom. The minimum atomic E-state index is 0.282. The fourth-order valence-corrected chi connectivity index (χ4v) is 3.05. The largest absolute Gasteiger partial charge is 0.439 e. The first kappa shape index (κ1) is 16.1. The number of hydrogen-bond acceptors (Lipinski definition) is 5. The molecule has 0 bridgehead atoms. The number of carbonyl (C=O) groups is 1. The molecule has 2 aromatic rings. The van der Waals surface area contributed by atoms with Gasteiger partial charge in [0.25, 0.3) is 0 Å². The molecule has 1 aliphatic heterocycles. The van der Waals surface area contributed by atoms with E-state index in [4.69, 9.17) is 16.3 Å². The molecule has 2 fully saturated rings. The molecular formula is C18H19ClN4O2. The summed E-state index contributed by atoms with van der Waals surface area (Å²) in [5.41, 5.74) is 0. The number of ether oxygens (including phenoxy) is 1. The number of piperazine rings is 1. The summed E-state index contributed by atoms with van der Waals surface area (Å²) in [5, 5.41) is 0.661. The minimum Gasteiger partial charge on any atom is -0.439 e. The predicted octanol–water partition coefficient (Wildman–Crippen LogP) is 2.98. The molecule has 1 aromatic heterocycles. The van der Waals surface area contributed by atoms with E-state index in [1.54, 1.807) is 24.3 Å². The van der Waals surface area contributed by atoms with E-state index in [0.29, 0.717) is 22.6 Å². The Morgan fingerprint density at radius 2 is 1.80 bits per heavy atom. The number of nitrogens with zero attached hydrogens (tertiary/aromatic N) is 4. The third kappa shape index (κ3) is 3.85. The summed E-state index contributed by atoms with van der Waals surface area (Å²) in [6.07, 6.45) is 3.61. The summed E-state index contributed by atoms with van der Waals surface area (Å²) in [5.74, 6) is 2.58. The lowest BCUT2D eigenvalue weighted by molar-refractivity contribution is -0.132. The van der Waals surface area contributed by atoms with Crippen molar-refractivity contribution in [1.29, 1.82) is 0 Å². The van der Waals surface area contributed by atoms with Crippen LogP contribution in [0.15, 0.2) is 36.7 Å². The molecule has 0 N–H and O–H groups in total. The number of aromatic nitrogens is 2. The van der Waals surface area contributed by atoms with Crippen LogP contribution >= 0.6 is 11.6 Å². The minimum absolute atomic E-state index is 0.282. The van der Waals surface area contributed by atoms with Crippen LogP contribution in [-0.2, 0) is 4.79 Å². The van der Waals surface area contributed by atoms with Gasteiger partial charge in [0, 0.05) is 43.2 Å². The standard InChI is InChI=1S/C18H19ClN4O2/c19-14-3-5-15(6-4-14)25-17-11-16(20-12-21-17)22-7-9-23(10-8-22)18(24)13-1-2-13/h3-6,11-13H,1-2,7-10H2. The normalized spacial score (nSPS) is 17.5. The molecule has 0 radical (unpaired) electrons. The average Bonchev–Trinajstić information content (AvgIpc) is 3.49. The third-order valence-electron chi connectivity index (χ3n) is 4.51. The van der Waals surface area contributed by atoms with E-state index in [1.165, 1.54) is 6.33 Å². The molecule has 4 rings (SSSR count). The maximum atomic E-state index is 12.1. The Hall–Kier alpha value is -2.34. The maximum absolute atomic E-state index is 12.1. The van der Waals surface area contributed by atoms with Gasteiger partial charge in [-0.1, -0.05) is 11.6 Å². The zero-order valence-electron chi connectivity index (χ0n) is 13.8. The second kappa shape index (κ2) is 6.88. The fraction of sp³-hybridized carbons (Fsp3) is 0.389. The molecule has 2 heterocycles. The predicted molar refractivity (Wildman–Crippen MR) is 95.1 cm³/mol. The van der Waals surface area contributed by atoms with E-state index in [1.807, 2.05) is 11.0 Å². The molecule has 0 atom stereocenters. The van der Waals surface area contributed by atoms with Crippen LogP contribution in [0.2, 0.25) is 5.02 Å². The highest BCUT2D eigenvalue weighted by molar-refractivity contribution is 6.30. The SMILES string of the molecule is O=C(C1CC1)N1CCN(c2cc(Oc3ccc(Cl)cc3)ncn2)CC1. The van der Waals surface area contributed by atoms with Gasteiger partial charge in [0.15, 0.2) is 0 Å². The zero-order valence-corrected chi connectivity index (χ0v) is 14.5. The van der Waals surface area contributed by atoms with Crippen molar-refractivity contribution in [2.75, 3.05) is 31.1 Å². The van der Waals surface area contributed by atoms with Gasteiger partial charge in [0.1, 0.15) is 17.9 Å². The van der Waals surface area contributed by atoms with Gasteiger partial charge < -0.3 is 14.5 Å². The van der Waals surface area contributed by atoms with Gasteiger partial charge in [-0.15, -0.1) is 0 Å². The molecule has 0 spiro atoms. The Labute approximate surface area is 151 Å². The van der Waals surface area contributed by atoms with Crippen molar-refractivity contribution in [2.45, 2.75) is 12.8 Å². The smallest absolute Gasteiger partial charge is 0.225 e. The Morgan fingerprint density at radius 3 is 2.48 bits per heavy atom. The van der Waals surface area contributed by atoms with Gasteiger partial charge in [0.05, 0.1) is 0 Å². The van der Waals surface area contributed by atoms with Crippen molar-refractivity contribution in [3.8, 4) is 11.6 Å². The average molecular weight is 359 g/mol. The van der Waals surface area contributed by atoms with E-state index < -0.39 is 0 Å². The second-order valence-electron chi connectivity index (χ2n) is 6.36. The molecule has 1 saturated heterocycles. The van der Waals surface area contributed by atoms with E-state index in [0.717, 1.165) is 44.8 Å². The summed E-state index contributed by atoms with van der Waals surface area (Å²) in [7, 11) is 0. The first-order valence-corrected chi connectivity index (χ1v) is 8.86. The summed E-state index contributed by atoms with van der Waals surface area (Å²) in [6.45, 7) is 3.03. The molecule has 130 valence electrons. The number of halogens is 1. The van der Waals surface area contributed by atoms with Crippen molar-refractivity contribution >= 4 is 23.3 Å². The van der Waals surface area contributed by atoms with Crippen LogP contribution in [0.5, 0.6) is 11.6 Å². The van der Waals surface area contributed by atoms with Crippen molar-refractivity contribution in [3.63, 3.8) is 0 Å². The molecule has 1 aliphatic carbocycles. The quantitative estimate of drug-likeness (QED) is 0.841. The van der Waals surface area contributed by atoms with Crippen LogP contribution in [0.3, 0.4) is 0 Å². The molecular weight excluding hydrogens is 340 g/mol. The maximum Gasteiger partial charge on any atom is 0.225 e. The van der Waals surface area contributed by atoms with Gasteiger partial charge in [-0.3, -0.25) is 4.79 Å². The van der Waals surface area contributed by atoms with Crippen LogP contribution in [-0.4, -0.2) is 47.0 Å². The first-order chi connectivity index (χ1) is 12.2. The number of rotatable bonds is 4. The van der Waals surface area contributed by atoms with Crippen molar-refractivity contribution in [2.24, 2.45) is 5.92 Å². The Kier molecular flexibility index (Phi) is 4.44. The van der Waals surface area contributed by atoms with Crippen LogP contribution in [0, 0.1) is 5.92 Å². The summed E-state index contributed by atoms with van der Waals surface area (Å²) < 4.78 is 5.76. The van der Waals surface area contributed by atoms with E-state index in [9.17, 15) is 4.79 Å². The van der Waals surface area contributed by atoms with Gasteiger partial charge >= 0.3 is 0 Å². The zero-order chi connectivity index (χ0) is 17.2. The van der Waals surface area contributed by atoms with Gasteiger partial charge in [-0.2, -0.15) is 0 Å². The van der Waals surface area contributed by atoms with Crippen LogP contribution < -0.4 is 9.64 Å². The molecule has 0 unspecified atom stereocenters. The monoisotopic (exact) mass is 358 g/mol. The van der Waals surface area contributed by atoms with Crippen molar-refractivity contribution < 1.29 is 9.53 Å². The summed E-state index contributed by atoms with van der Waals surface area (Å²) >= 11 is 5.88. The molecule has 1 saturated carbocycles. The lowest BCUT2D eigenvalue weighted by atomic mass is 10.2. The van der Waals surface area contributed by atoms with Gasteiger partial charge in [-0.25, -0.2) is 9.97 Å². The molecule has 6 nitrogen and oxygen atoms in total. The Bertz CT molecular complexity index is 756.